The first kappa shape index (κ1) is 8.68. The van der Waals surface area contributed by atoms with Gasteiger partial charge < -0.3 is 4.74 Å². The van der Waals surface area contributed by atoms with E-state index in [2.05, 4.69) is 15.0 Å². The Morgan fingerprint density at radius 3 is 2.86 bits per heavy atom. The number of aromatic nitrogens is 4. The van der Waals surface area contributed by atoms with E-state index in [0.29, 0.717) is 11.6 Å². The van der Waals surface area contributed by atoms with Crippen molar-refractivity contribution in [2.45, 2.75) is 6.92 Å². The number of hydrogen-bond acceptors (Lipinski definition) is 4. The van der Waals surface area contributed by atoms with Gasteiger partial charge in [-0.15, -0.1) is 0 Å². The standard InChI is InChI=1S/C9H10N4O/c1-7-11-3-4-13(7)9-8(14-2)5-10-6-12-9/h3-6H,1-2H3. The summed E-state index contributed by atoms with van der Waals surface area (Å²) in [5, 5.41) is 0. The van der Waals surface area contributed by atoms with E-state index in [1.165, 1.54) is 6.33 Å². The van der Waals surface area contributed by atoms with E-state index in [1.54, 1.807) is 19.5 Å². The number of nitrogens with zero attached hydrogens (tertiary/aromatic N) is 4. The highest BCUT2D eigenvalue weighted by Crippen LogP contribution is 2.18. The number of aryl methyl sites for hydroxylation is 1. The second kappa shape index (κ2) is 3.45. The Labute approximate surface area is 81.4 Å². The van der Waals surface area contributed by atoms with Crippen molar-refractivity contribution in [2.24, 2.45) is 0 Å². The molecule has 0 saturated heterocycles. The van der Waals surface area contributed by atoms with Crippen molar-refractivity contribution in [1.82, 2.24) is 19.5 Å². The van der Waals surface area contributed by atoms with Crippen molar-refractivity contribution in [1.29, 1.82) is 0 Å². The fourth-order valence-corrected chi connectivity index (χ4v) is 1.24. The van der Waals surface area contributed by atoms with Crippen LogP contribution in [0.25, 0.3) is 5.82 Å². The first-order chi connectivity index (χ1) is 6.83. The molecule has 2 aromatic heterocycles. The lowest BCUT2D eigenvalue weighted by molar-refractivity contribution is 0.408. The van der Waals surface area contributed by atoms with Crippen molar-refractivity contribution in [3.05, 3.63) is 30.7 Å². The predicted molar refractivity (Wildman–Crippen MR) is 50.4 cm³/mol. The van der Waals surface area contributed by atoms with Crippen LogP contribution in [0.2, 0.25) is 0 Å². The van der Waals surface area contributed by atoms with Gasteiger partial charge in [-0.2, -0.15) is 0 Å². The summed E-state index contributed by atoms with van der Waals surface area (Å²) in [5.74, 6) is 2.20. The summed E-state index contributed by atoms with van der Waals surface area (Å²) < 4.78 is 7.00. The molecule has 0 radical (unpaired) electrons. The first-order valence-corrected chi connectivity index (χ1v) is 4.17. The predicted octanol–water partition coefficient (Wildman–Crippen LogP) is 0.979. The molecule has 0 aromatic carbocycles. The number of hydrogen-bond donors (Lipinski definition) is 0. The van der Waals surface area contributed by atoms with Gasteiger partial charge in [-0.1, -0.05) is 0 Å². The summed E-state index contributed by atoms with van der Waals surface area (Å²) in [6.45, 7) is 1.90. The topological polar surface area (TPSA) is 52.8 Å². The van der Waals surface area contributed by atoms with Crippen LogP contribution < -0.4 is 4.74 Å². The summed E-state index contributed by atoms with van der Waals surface area (Å²) >= 11 is 0. The molecule has 0 unspecified atom stereocenters. The highest BCUT2D eigenvalue weighted by Gasteiger charge is 2.07. The maximum atomic E-state index is 5.15. The van der Waals surface area contributed by atoms with Crippen LogP contribution in [0.15, 0.2) is 24.9 Å². The molecule has 0 bridgehead atoms. The highest BCUT2D eigenvalue weighted by atomic mass is 16.5. The van der Waals surface area contributed by atoms with Gasteiger partial charge in [0, 0.05) is 12.4 Å². The van der Waals surface area contributed by atoms with Gasteiger partial charge in [-0.25, -0.2) is 15.0 Å². The van der Waals surface area contributed by atoms with Crippen molar-refractivity contribution in [3.8, 4) is 11.6 Å². The molecule has 2 rings (SSSR count). The van der Waals surface area contributed by atoms with Gasteiger partial charge in [-0.3, -0.25) is 4.57 Å². The molecule has 0 saturated carbocycles. The molecule has 2 aromatic rings. The average molecular weight is 190 g/mol. The lowest BCUT2D eigenvalue weighted by atomic mass is 10.5. The molecule has 0 aliphatic rings. The molecule has 14 heavy (non-hydrogen) atoms. The molecule has 5 nitrogen and oxygen atoms in total. The molecule has 0 aliphatic heterocycles. The monoisotopic (exact) mass is 190 g/mol. The summed E-state index contributed by atoms with van der Waals surface area (Å²) in [4.78, 5) is 12.1. The van der Waals surface area contributed by atoms with Crippen LogP contribution in [0.4, 0.5) is 0 Å². The Bertz CT molecular complexity index is 438. The number of imidazole rings is 1. The van der Waals surface area contributed by atoms with Crippen molar-refractivity contribution in [2.75, 3.05) is 7.11 Å². The molecular weight excluding hydrogens is 180 g/mol. The summed E-state index contributed by atoms with van der Waals surface area (Å²) in [6, 6.07) is 0. The van der Waals surface area contributed by atoms with Crippen LogP contribution in [-0.4, -0.2) is 26.6 Å². The maximum Gasteiger partial charge on any atom is 0.184 e. The maximum absolute atomic E-state index is 5.15. The first-order valence-electron chi connectivity index (χ1n) is 4.17. The van der Waals surface area contributed by atoms with Crippen LogP contribution in [0.1, 0.15) is 5.82 Å². The van der Waals surface area contributed by atoms with Gasteiger partial charge in [0.1, 0.15) is 12.2 Å². The molecular formula is C9H10N4O. The van der Waals surface area contributed by atoms with Crippen molar-refractivity contribution >= 4 is 0 Å². The molecule has 0 aliphatic carbocycles. The van der Waals surface area contributed by atoms with E-state index < -0.39 is 0 Å². The van der Waals surface area contributed by atoms with Crippen molar-refractivity contribution in [3.63, 3.8) is 0 Å². The van der Waals surface area contributed by atoms with Gasteiger partial charge in [0.05, 0.1) is 13.3 Å². The van der Waals surface area contributed by atoms with Gasteiger partial charge in [0.2, 0.25) is 0 Å². The molecule has 0 spiro atoms. The molecule has 0 amide bonds. The van der Waals surface area contributed by atoms with E-state index >= 15 is 0 Å². The minimum Gasteiger partial charge on any atom is -0.491 e. The van der Waals surface area contributed by atoms with Crippen LogP contribution >= 0.6 is 0 Å². The van der Waals surface area contributed by atoms with Gasteiger partial charge in [0.25, 0.3) is 0 Å². The Morgan fingerprint density at radius 1 is 1.36 bits per heavy atom. The van der Waals surface area contributed by atoms with E-state index in [9.17, 15) is 0 Å². The van der Waals surface area contributed by atoms with E-state index in [4.69, 9.17) is 4.74 Å². The fourth-order valence-electron chi connectivity index (χ4n) is 1.24. The van der Waals surface area contributed by atoms with Gasteiger partial charge in [0.15, 0.2) is 11.6 Å². The molecule has 72 valence electrons. The highest BCUT2D eigenvalue weighted by molar-refractivity contribution is 5.38. The number of ether oxygens (including phenoxy) is 1. The third-order valence-corrected chi connectivity index (χ3v) is 1.93. The molecule has 0 N–H and O–H groups in total. The summed E-state index contributed by atoms with van der Waals surface area (Å²) in [6.07, 6.45) is 6.66. The zero-order valence-electron chi connectivity index (χ0n) is 8.01. The van der Waals surface area contributed by atoms with Crippen LogP contribution in [0.3, 0.4) is 0 Å². The largest absolute Gasteiger partial charge is 0.491 e. The Morgan fingerprint density at radius 2 is 2.21 bits per heavy atom. The summed E-state index contributed by atoms with van der Waals surface area (Å²) in [7, 11) is 1.59. The van der Waals surface area contributed by atoms with E-state index in [0.717, 1.165) is 5.82 Å². The lowest BCUT2D eigenvalue weighted by Crippen LogP contribution is -2.02. The smallest absolute Gasteiger partial charge is 0.184 e. The van der Waals surface area contributed by atoms with Gasteiger partial charge in [-0.05, 0) is 6.92 Å². The SMILES string of the molecule is COc1cncnc1-n1ccnc1C. The Balaban J connectivity index is 2.56. The van der Waals surface area contributed by atoms with Crippen molar-refractivity contribution < 1.29 is 4.74 Å². The minimum atomic E-state index is 0.633. The lowest BCUT2D eigenvalue weighted by Gasteiger charge is -2.07. The second-order valence-corrected chi connectivity index (χ2v) is 2.76. The molecule has 5 heteroatoms. The second-order valence-electron chi connectivity index (χ2n) is 2.76. The zero-order valence-corrected chi connectivity index (χ0v) is 8.01. The zero-order chi connectivity index (χ0) is 9.97. The van der Waals surface area contributed by atoms with Crippen LogP contribution in [0, 0.1) is 6.92 Å². The fraction of sp³-hybridized carbons (Fsp3) is 0.222. The van der Waals surface area contributed by atoms with E-state index in [-0.39, 0.29) is 0 Å². The van der Waals surface area contributed by atoms with Crippen LogP contribution in [0.5, 0.6) is 5.75 Å². The van der Waals surface area contributed by atoms with E-state index in [1.807, 2.05) is 17.7 Å². The third-order valence-electron chi connectivity index (χ3n) is 1.93. The molecule has 2 heterocycles. The molecule has 0 atom stereocenters. The minimum absolute atomic E-state index is 0.633. The Kier molecular flexibility index (Phi) is 2.14. The van der Waals surface area contributed by atoms with Gasteiger partial charge >= 0.3 is 0 Å². The Hall–Kier alpha value is -1.91. The molecule has 0 fully saturated rings. The summed E-state index contributed by atoms with van der Waals surface area (Å²) in [5.41, 5.74) is 0. The third kappa shape index (κ3) is 1.32. The van der Waals surface area contributed by atoms with Crippen LogP contribution in [-0.2, 0) is 0 Å². The number of rotatable bonds is 2. The number of methoxy groups -OCH3 is 1. The normalized spacial score (nSPS) is 10.1. The quantitative estimate of drug-likeness (QED) is 0.708. The average Bonchev–Trinajstić information content (AvgIpc) is 2.64.